The van der Waals surface area contributed by atoms with Crippen LogP contribution in [0.2, 0.25) is 0 Å². The van der Waals surface area contributed by atoms with Crippen molar-refractivity contribution < 1.29 is 27.8 Å². The molecule has 2 rings (SSSR count). The Morgan fingerprint density at radius 2 is 2.00 bits per heavy atom. The number of benzene rings is 1. The van der Waals surface area contributed by atoms with Crippen LogP contribution in [0.3, 0.4) is 0 Å². The number of hydrogen-bond donors (Lipinski definition) is 1. The quantitative estimate of drug-likeness (QED) is 0.874. The van der Waals surface area contributed by atoms with Crippen LogP contribution >= 0.6 is 11.8 Å². The Labute approximate surface area is 141 Å². The van der Waals surface area contributed by atoms with Crippen molar-refractivity contribution in [2.24, 2.45) is 4.99 Å². The van der Waals surface area contributed by atoms with Gasteiger partial charge in [-0.15, -0.1) is 13.2 Å². The zero-order valence-electron chi connectivity index (χ0n) is 13.2. The van der Waals surface area contributed by atoms with Crippen molar-refractivity contribution in [2.45, 2.75) is 31.4 Å². The Morgan fingerprint density at radius 1 is 1.33 bits per heavy atom. The highest BCUT2D eigenvalue weighted by Crippen LogP contribution is 2.41. The number of hydrogen-bond acceptors (Lipinski definition) is 4. The molecular formula is C16H16F3NO3S. The molecule has 0 saturated heterocycles. The second kappa shape index (κ2) is 6.88. The number of carbonyl (C=O) groups is 1. The number of halogens is 3. The predicted octanol–water partition coefficient (Wildman–Crippen LogP) is 4.23. The van der Waals surface area contributed by atoms with Crippen LogP contribution in [0.5, 0.6) is 5.75 Å². The Kier molecular flexibility index (Phi) is 5.27. The van der Waals surface area contributed by atoms with E-state index in [4.69, 9.17) is 0 Å². The van der Waals surface area contributed by atoms with Gasteiger partial charge in [-0.2, -0.15) is 11.8 Å². The lowest BCUT2D eigenvalue weighted by Crippen LogP contribution is -2.31. The van der Waals surface area contributed by atoms with E-state index in [-0.39, 0.29) is 16.6 Å². The van der Waals surface area contributed by atoms with Crippen LogP contribution in [0, 0.1) is 0 Å². The van der Waals surface area contributed by atoms with Crippen LogP contribution in [0.15, 0.2) is 40.5 Å². The topological polar surface area (TPSA) is 58.9 Å². The maximum atomic E-state index is 12.4. The molecule has 0 aromatic heterocycles. The molecule has 0 amide bonds. The first-order valence-electron chi connectivity index (χ1n) is 7.01. The first-order chi connectivity index (χ1) is 11.1. The van der Waals surface area contributed by atoms with E-state index in [1.807, 2.05) is 6.26 Å². The molecule has 4 nitrogen and oxygen atoms in total. The van der Waals surface area contributed by atoms with Gasteiger partial charge in [-0.1, -0.05) is 12.1 Å². The molecule has 1 aromatic rings. The van der Waals surface area contributed by atoms with Gasteiger partial charge in [0.2, 0.25) is 0 Å². The summed E-state index contributed by atoms with van der Waals surface area (Å²) in [6.45, 7) is 3.37. The monoisotopic (exact) mass is 359 g/mol. The zero-order valence-corrected chi connectivity index (χ0v) is 14.0. The summed E-state index contributed by atoms with van der Waals surface area (Å²) in [7, 11) is 0. The summed E-state index contributed by atoms with van der Waals surface area (Å²) in [5, 5.41) is 9.27. The number of carboxylic acid groups (broad SMARTS) is 1. The van der Waals surface area contributed by atoms with Gasteiger partial charge in [0, 0.05) is 17.3 Å². The Hall–Kier alpha value is -1.96. The molecule has 1 N–H and O–H groups in total. The number of nitrogens with zero attached hydrogens (tertiary/aromatic N) is 1. The highest BCUT2D eigenvalue weighted by atomic mass is 32.2. The molecule has 0 saturated carbocycles. The van der Waals surface area contributed by atoms with Crippen LogP contribution in [-0.4, -0.2) is 34.7 Å². The molecule has 0 radical (unpaired) electrons. The first-order valence-corrected chi connectivity index (χ1v) is 8.30. The van der Waals surface area contributed by atoms with Gasteiger partial charge in [0.05, 0.1) is 10.8 Å². The minimum absolute atomic E-state index is 0.0871. The van der Waals surface area contributed by atoms with E-state index in [1.54, 1.807) is 19.9 Å². The van der Waals surface area contributed by atoms with Gasteiger partial charge in [0.1, 0.15) is 5.75 Å². The van der Waals surface area contributed by atoms with E-state index in [0.29, 0.717) is 11.3 Å². The van der Waals surface area contributed by atoms with Gasteiger partial charge in [0.25, 0.3) is 0 Å². The van der Waals surface area contributed by atoms with Gasteiger partial charge in [-0.25, -0.2) is 4.79 Å². The summed E-state index contributed by atoms with van der Waals surface area (Å²) >= 11 is 1.41. The van der Waals surface area contributed by atoms with E-state index < -0.39 is 18.2 Å². The Balaban J connectivity index is 2.53. The summed E-state index contributed by atoms with van der Waals surface area (Å²) in [6, 6.07) is 5.44. The van der Waals surface area contributed by atoms with Crippen molar-refractivity contribution in [3.63, 3.8) is 0 Å². The number of allylic oxidation sites excluding steroid dienone is 1. The normalized spacial score (nSPS) is 21.5. The molecule has 0 aliphatic carbocycles. The second-order valence-corrected chi connectivity index (χ2v) is 6.29. The number of alkyl halides is 3. The Bertz CT molecular complexity index is 713. The van der Waals surface area contributed by atoms with Crippen molar-refractivity contribution in [3.8, 4) is 5.75 Å². The third-order valence-corrected chi connectivity index (χ3v) is 4.82. The van der Waals surface area contributed by atoms with Gasteiger partial charge in [-0.3, -0.25) is 4.99 Å². The molecular weight excluding hydrogens is 343 g/mol. The molecule has 0 fully saturated rings. The standard InChI is InChI=1S/C16H16F3NO3S/c1-8-12(15(21)22)13(14(24-3)9(2)20-8)10-5-4-6-11(7-10)23-16(17,18)19/h4-7,13-14H,1-3H3,(H,21,22). The van der Waals surface area contributed by atoms with E-state index in [2.05, 4.69) is 9.73 Å². The van der Waals surface area contributed by atoms with Crippen molar-refractivity contribution in [2.75, 3.05) is 6.26 Å². The van der Waals surface area contributed by atoms with Gasteiger partial charge < -0.3 is 9.84 Å². The lowest BCUT2D eigenvalue weighted by molar-refractivity contribution is -0.274. The van der Waals surface area contributed by atoms with Crippen molar-refractivity contribution in [3.05, 3.63) is 41.1 Å². The summed E-state index contributed by atoms with van der Waals surface area (Å²) in [5.74, 6) is -2.11. The number of thioether (sulfide) groups is 1. The fourth-order valence-electron chi connectivity index (χ4n) is 2.85. The fourth-order valence-corrected chi connectivity index (χ4v) is 3.81. The van der Waals surface area contributed by atoms with Crippen molar-refractivity contribution in [1.29, 1.82) is 0 Å². The van der Waals surface area contributed by atoms with Crippen LogP contribution in [0.1, 0.15) is 25.3 Å². The molecule has 0 bridgehead atoms. The highest BCUT2D eigenvalue weighted by molar-refractivity contribution is 8.00. The number of carboxylic acids is 1. The number of aliphatic carboxylic acids is 1. The molecule has 1 aliphatic rings. The number of ether oxygens (including phenoxy) is 1. The second-order valence-electron chi connectivity index (χ2n) is 5.31. The average molecular weight is 359 g/mol. The fraction of sp³-hybridized carbons (Fsp3) is 0.375. The molecule has 2 atom stereocenters. The van der Waals surface area contributed by atoms with E-state index >= 15 is 0 Å². The average Bonchev–Trinajstić information content (AvgIpc) is 2.44. The molecule has 1 aliphatic heterocycles. The minimum Gasteiger partial charge on any atom is -0.478 e. The summed E-state index contributed by atoms with van der Waals surface area (Å²) < 4.78 is 41.3. The number of aliphatic imine (C=N–C) groups is 1. The van der Waals surface area contributed by atoms with Crippen LogP contribution in [0.25, 0.3) is 0 Å². The Morgan fingerprint density at radius 3 is 2.54 bits per heavy atom. The first kappa shape index (κ1) is 18.4. The van der Waals surface area contributed by atoms with Gasteiger partial charge >= 0.3 is 12.3 Å². The van der Waals surface area contributed by atoms with Gasteiger partial charge in [-0.05, 0) is 37.8 Å². The van der Waals surface area contributed by atoms with Crippen LogP contribution < -0.4 is 4.74 Å². The van der Waals surface area contributed by atoms with E-state index in [1.165, 1.54) is 30.0 Å². The third-order valence-electron chi connectivity index (χ3n) is 3.69. The molecule has 2 unspecified atom stereocenters. The summed E-state index contributed by atoms with van der Waals surface area (Å²) in [6.07, 6.45) is -2.99. The maximum absolute atomic E-state index is 12.4. The lowest BCUT2D eigenvalue weighted by atomic mass is 9.83. The molecule has 8 heteroatoms. The molecule has 1 heterocycles. The van der Waals surface area contributed by atoms with Crippen molar-refractivity contribution >= 4 is 23.4 Å². The third kappa shape index (κ3) is 3.92. The van der Waals surface area contributed by atoms with Gasteiger partial charge in [0.15, 0.2) is 0 Å². The summed E-state index contributed by atoms with van der Waals surface area (Å²) in [4.78, 5) is 16.0. The number of rotatable bonds is 4. The van der Waals surface area contributed by atoms with E-state index in [9.17, 15) is 23.1 Å². The summed E-state index contributed by atoms with van der Waals surface area (Å²) in [5.41, 5.74) is 1.63. The minimum atomic E-state index is -4.80. The molecule has 24 heavy (non-hydrogen) atoms. The zero-order chi connectivity index (χ0) is 18.1. The highest BCUT2D eigenvalue weighted by Gasteiger charge is 2.37. The SMILES string of the molecule is CSC1C(C)=NC(C)=C(C(=O)O)C1c1cccc(OC(F)(F)F)c1. The molecule has 130 valence electrons. The predicted molar refractivity (Wildman–Crippen MR) is 86.6 cm³/mol. The smallest absolute Gasteiger partial charge is 0.478 e. The van der Waals surface area contributed by atoms with Crippen LogP contribution in [-0.2, 0) is 4.79 Å². The van der Waals surface area contributed by atoms with Crippen LogP contribution in [0.4, 0.5) is 13.2 Å². The van der Waals surface area contributed by atoms with Crippen molar-refractivity contribution in [1.82, 2.24) is 0 Å². The largest absolute Gasteiger partial charge is 0.573 e. The molecule has 0 spiro atoms. The maximum Gasteiger partial charge on any atom is 0.573 e. The lowest BCUT2D eigenvalue weighted by Gasteiger charge is -2.31. The molecule has 1 aromatic carbocycles. The van der Waals surface area contributed by atoms with E-state index in [0.717, 1.165) is 5.71 Å².